The molecular weight excluding hydrogens is 258 g/mol. The molecule has 1 heterocycles. The first-order valence-corrected chi connectivity index (χ1v) is 5.93. The van der Waals surface area contributed by atoms with Crippen molar-refractivity contribution in [2.75, 3.05) is 0 Å². The van der Waals surface area contributed by atoms with Crippen molar-refractivity contribution in [1.82, 2.24) is 0 Å². The van der Waals surface area contributed by atoms with Crippen LogP contribution >= 0.6 is 0 Å². The monoisotopic (exact) mass is 267 g/mol. The van der Waals surface area contributed by atoms with Crippen LogP contribution in [0.1, 0.15) is 11.1 Å². The second-order valence-corrected chi connectivity index (χ2v) is 4.29. The van der Waals surface area contributed by atoms with E-state index >= 15 is 0 Å². The van der Waals surface area contributed by atoms with Gasteiger partial charge in [0.2, 0.25) is 0 Å². The predicted octanol–water partition coefficient (Wildman–Crippen LogP) is 3.05. The van der Waals surface area contributed by atoms with E-state index in [1.165, 1.54) is 12.1 Å². The molecule has 0 amide bonds. The van der Waals surface area contributed by atoms with E-state index in [0.29, 0.717) is 16.9 Å². The normalized spacial score (nSPS) is 15.0. The molecule has 2 aromatic rings. The largest absolute Gasteiger partial charge is 0.422 e. The van der Waals surface area contributed by atoms with Crippen molar-refractivity contribution in [2.45, 2.75) is 0 Å². The van der Waals surface area contributed by atoms with Crippen LogP contribution in [-0.2, 0) is 4.79 Å². The minimum Gasteiger partial charge on any atom is -0.422 e. The Morgan fingerprint density at radius 3 is 2.45 bits per heavy atom. The number of carbonyl (C=O) groups excluding carboxylic acids is 1. The second-order valence-electron chi connectivity index (χ2n) is 4.29. The van der Waals surface area contributed by atoms with Crippen LogP contribution < -0.4 is 4.74 Å². The number of nitrogens with zero attached hydrogens (tertiary/aromatic N) is 1. The molecule has 2 aromatic carbocycles. The summed E-state index contributed by atoms with van der Waals surface area (Å²) in [6.07, 6.45) is 1.66. The number of ether oxygens (including phenoxy) is 1. The van der Waals surface area contributed by atoms with Gasteiger partial charge in [0.1, 0.15) is 5.75 Å². The molecule has 5 heteroatoms. The molecule has 0 saturated carbocycles. The summed E-state index contributed by atoms with van der Waals surface area (Å²) in [5, 5.41) is 10.6. The molecule has 3 rings (SSSR count). The van der Waals surface area contributed by atoms with Crippen molar-refractivity contribution in [3.8, 4) is 5.75 Å². The number of para-hydroxylation sites is 1. The van der Waals surface area contributed by atoms with Crippen molar-refractivity contribution < 1.29 is 14.5 Å². The number of hydrogen-bond donors (Lipinski definition) is 0. The fourth-order valence-electron chi connectivity index (χ4n) is 2.04. The molecule has 0 spiro atoms. The Morgan fingerprint density at radius 2 is 1.75 bits per heavy atom. The van der Waals surface area contributed by atoms with Gasteiger partial charge in [-0.2, -0.15) is 0 Å². The van der Waals surface area contributed by atoms with Gasteiger partial charge in [-0.1, -0.05) is 18.2 Å². The third-order valence-corrected chi connectivity index (χ3v) is 3.01. The molecule has 0 unspecified atom stereocenters. The summed E-state index contributed by atoms with van der Waals surface area (Å²) in [6, 6.07) is 13.1. The van der Waals surface area contributed by atoms with Crippen molar-refractivity contribution in [2.24, 2.45) is 0 Å². The Balaban J connectivity index is 2.00. The summed E-state index contributed by atoms with van der Waals surface area (Å²) in [4.78, 5) is 21.9. The Labute approximate surface area is 114 Å². The zero-order chi connectivity index (χ0) is 14.1. The molecule has 5 nitrogen and oxygen atoms in total. The second kappa shape index (κ2) is 4.62. The lowest BCUT2D eigenvalue weighted by Crippen LogP contribution is -2.00. The highest BCUT2D eigenvalue weighted by Crippen LogP contribution is 2.34. The van der Waals surface area contributed by atoms with Gasteiger partial charge < -0.3 is 4.74 Å². The first-order valence-electron chi connectivity index (χ1n) is 5.93. The standard InChI is InChI=1S/C15H9NO4/c17-15-13(12-3-1-2-4-14(12)20-15)9-10-5-7-11(8-6-10)16(18)19/h1-9H/b13-9+. The molecule has 0 fully saturated rings. The van der Waals surface area contributed by atoms with E-state index < -0.39 is 10.9 Å². The number of nitro benzene ring substituents is 1. The quantitative estimate of drug-likeness (QED) is 0.276. The lowest BCUT2D eigenvalue weighted by Gasteiger charge is -1.97. The zero-order valence-corrected chi connectivity index (χ0v) is 10.3. The molecular formula is C15H9NO4. The molecule has 0 bridgehead atoms. The van der Waals surface area contributed by atoms with Gasteiger partial charge in [0, 0.05) is 17.7 Å². The van der Waals surface area contributed by atoms with Gasteiger partial charge >= 0.3 is 5.97 Å². The molecule has 0 aliphatic carbocycles. The third kappa shape index (κ3) is 2.05. The van der Waals surface area contributed by atoms with Gasteiger partial charge in [-0.25, -0.2) is 4.79 Å². The average Bonchev–Trinajstić information content (AvgIpc) is 2.76. The van der Waals surface area contributed by atoms with E-state index in [0.717, 1.165) is 5.56 Å². The SMILES string of the molecule is O=C1Oc2ccccc2/C1=C\c1ccc([N+](=O)[O-])cc1. The van der Waals surface area contributed by atoms with Gasteiger partial charge in [-0.15, -0.1) is 0 Å². The predicted molar refractivity (Wildman–Crippen MR) is 73.0 cm³/mol. The number of fused-ring (bicyclic) bond motifs is 1. The molecule has 20 heavy (non-hydrogen) atoms. The van der Waals surface area contributed by atoms with E-state index in [1.807, 2.05) is 6.07 Å². The summed E-state index contributed by atoms with van der Waals surface area (Å²) in [5.74, 6) is 0.121. The molecule has 0 radical (unpaired) electrons. The fraction of sp³-hybridized carbons (Fsp3) is 0. The van der Waals surface area contributed by atoms with Crippen molar-refractivity contribution in [3.05, 3.63) is 69.8 Å². The average molecular weight is 267 g/mol. The van der Waals surface area contributed by atoms with Crippen molar-refractivity contribution in [1.29, 1.82) is 0 Å². The van der Waals surface area contributed by atoms with Crippen LogP contribution in [0, 0.1) is 10.1 Å². The number of nitro groups is 1. The number of non-ortho nitro benzene ring substituents is 1. The van der Waals surface area contributed by atoms with Gasteiger partial charge in [0.25, 0.3) is 5.69 Å². The van der Waals surface area contributed by atoms with E-state index in [1.54, 1.807) is 36.4 Å². The molecule has 98 valence electrons. The van der Waals surface area contributed by atoms with Gasteiger partial charge in [0.05, 0.1) is 10.5 Å². The zero-order valence-electron chi connectivity index (χ0n) is 10.3. The van der Waals surface area contributed by atoms with Crippen LogP contribution in [0.5, 0.6) is 5.75 Å². The minimum absolute atomic E-state index is 0.0153. The number of rotatable bonds is 2. The molecule has 0 N–H and O–H groups in total. The van der Waals surface area contributed by atoms with Gasteiger partial charge in [0.15, 0.2) is 0 Å². The van der Waals surface area contributed by atoms with Crippen LogP contribution in [0.4, 0.5) is 5.69 Å². The summed E-state index contributed by atoms with van der Waals surface area (Å²) >= 11 is 0. The Morgan fingerprint density at radius 1 is 1.05 bits per heavy atom. The topological polar surface area (TPSA) is 69.4 Å². The summed E-state index contributed by atoms with van der Waals surface area (Å²) in [7, 11) is 0. The van der Waals surface area contributed by atoms with E-state index in [-0.39, 0.29) is 5.69 Å². The number of esters is 1. The number of carbonyl (C=O) groups is 1. The molecule has 0 saturated heterocycles. The van der Waals surface area contributed by atoms with Crippen LogP contribution in [0.3, 0.4) is 0 Å². The van der Waals surface area contributed by atoms with Crippen molar-refractivity contribution >= 4 is 23.3 Å². The lowest BCUT2D eigenvalue weighted by atomic mass is 10.0. The maximum atomic E-state index is 11.8. The third-order valence-electron chi connectivity index (χ3n) is 3.01. The highest BCUT2D eigenvalue weighted by molar-refractivity contribution is 6.25. The van der Waals surface area contributed by atoms with Crippen LogP contribution in [0.25, 0.3) is 11.6 Å². The number of hydrogen-bond acceptors (Lipinski definition) is 4. The first-order chi connectivity index (χ1) is 9.65. The summed E-state index contributed by atoms with van der Waals surface area (Å²) < 4.78 is 5.14. The molecule has 1 aliphatic rings. The highest BCUT2D eigenvalue weighted by atomic mass is 16.6. The minimum atomic E-state index is -0.462. The number of benzene rings is 2. The van der Waals surface area contributed by atoms with E-state index in [4.69, 9.17) is 4.74 Å². The summed E-state index contributed by atoms with van der Waals surface area (Å²) in [5.41, 5.74) is 1.91. The van der Waals surface area contributed by atoms with Crippen LogP contribution in [0.2, 0.25) is 0 Å². The maximum Gasteiger partial charge on any atom is 0.344 e. The van der Waals surface area contributed by atoms with Gasteiger partial charge in [-0.05, 0) is 29.8 Å². The van der Waals surface area contributed by atoms with Crippen LogP contribution in [-0.4, -0.2) is 10.9 Å². The Hall–Kier alpha value is -2.95. The fourth-order valence-corrected chi connectivity index (χ4v) is 2.04. The van der Waals surface area contributed by atoms with E-state index in [2.05, 4.69) is 0 Å². The van der Waals surface area contributed by atoms with Crippen LogP contribution in [0.15, 0.2) is 48.5 Å². The highest BCUT2D eigenvalue weighted by Gasteiger charge is 2.26. The van der Waals surface area contributed by atoms with E-state index in [9.17, 15) is 14.9 Å². The molecule has 0 aromatic heterocycles. The van der Waals surface area contributed by atoms with Gasteiger partial charge in [-0.3, -0.25) is 10.1 Å². The van der Waals surface area contributed by atoms with Crippen molar-refractivity contribution in [3.63, 3.8) is 0 Å². The summed E-state index contributed by atoms with van der Waals surface area (Å²) in [6.45, 7) is 0. The smallest absolute Gasteiger partial charge is 0.344 e. The maximum absolute atomic E-state index is 11.8. The first kappa shape index (κ1) is 12.1. The molecule has 1 aliphatic heterocycles. The molecule has 0 atom stereocenters. The Bertz CT molecular complexity index is 732. The Kier molecular flexibility index (Phi) is 2.80. The lowest BCUT2D eigenvalue weighted by molar-refractivity contribution is -0.384.